The summed E-state index contributed by atoms with van der Waals surface area (Å²) in [6, 6.07) is 0. The quantitative estimate of drug-likeness (QED) is 0.579. The number of esters is 1. The lowest BCUT2D eigenvalue weighted by atomic mass is 10.2. The topological polar surface area (TPSA) is 50.8 Å². The van der Waals surface area contributed by atoms with Crippen molar-refractivity contribution in [2.24, 2.45) is 0 Å². The van der Waals surface area contributed by atoms with E-state index in [1.807, 2.05) is 20.8 Å². The Bertz CT molecular complexity index is 263. The molecule has 0 amide bonds. The van der Waals surface area contributed by atoms with Crippen LogP contribution in [0.2, 0.25) is 0 Å². The van der Waals surface area contributed by atoms with Crippen LogP contribution in [-0.4, -0.2) is 62.4 Å². The van der Waals surface area contributed by atoms with E-state index in [-0.39, 0.29) is 12.1 Å². The lowest BCUT2D eigenvalue weighted by Crippen LogP contribution is -2.45. The fourth-order valence-electron chi connectivity index (χ4n) is 1.84. The Labute approximate surface area is 110 Å². The summed E-state index contributed by atoms with van der Waals surface area (Å²) in [5.41, 5.74) is -0.397. The van der Waals surface area contributed by atoms with Crippen LogP contribution in [0.25, 0.3) is 0 Å². The number of nitrogens with zero attached hydrogens (tertiary/aromatic N) is 1. The van der Waals surface area contributed by atoms with Gasteiger partial charge in [-0.2, -0.15) is 0 Å². The monoisotopic (exact) mass is 258 g/mol. The Morgan fingerprint density at radius 3 is 2.83 bits per heavy atom. The van der Waals surface area contributed by atoms with Gasteiger partial charge in [-0.1, -0.05) is 0 Å². The lowest BCUT2D eigenvalue weighted by Gasteiger charge is -2.30. The van der Waals surface area contributed by atoms with Crippen LogP contribution in [0.3, 0.4) is 0 Å². The molecular weight excluding hydrogens is 232 g/mol. The van der Waals surface area contributed by atoms with E-state index < -0.39 is 5.60 Å². The molecule has 18 heavy (non-hydrogen) atoms. The summed E-state index contributed by atoms with van der Waals surface area (Å²) < 4.78 is 10.8. The van der Waals surface area contributed by atoms with Crippen LogP contribution in [0.1, 0.15) is 27.2 Å². The molecule has 1 rings (SSSR count). The Balaban J connectivity index is 2.06. The summed E-state index contributed by atoms with van der Waals surface area (Å²) in [4.78, 5) is 13.7. The van der Waals surface area contributed by atoms with Crippen LogP contribution in [0, 0.1) is 0 Å². The van der Waals surface area contributed by atoms with Gasteiger partial charge >= 0.3 is 5.97 Å². The molecule has 1 heterocycles. The highest BCUT2D eigenvalue weighted by Gasteiger charge is 2.18. The molecule has 0 aromatic carbocycles. The number of ether oxygens (including phenoxy) is 2. The number of carbonyl (C=O) groups is 1. The largest absolute Gasteiger partial charge is 0.460 e. The van der Waals surface area contributed by atoms with Crippen molar-refractivity contribution in [3.05, 3.63) is 0 Å². The smallest absolute Gasteiger partial charge is 0.307 e. The highest BCUT2D eigenvalue weighted by Crippen LogP contribution is 2.07. The number of nitrogens with one attached hydrogen (secondary N) is 1. The van der Waals surface area contributed by atoms with Crippen molar-refractivity contribution in [2.45, 2.75) is 38.9 Å². The van der Waals surface area contributed by atoms with Crippen LogP contribution in [0.4, 0.5) is 0 Å². The first-order valence-corrected chi connectivity index (χ1v) is 6.59. The second-order valence-electron chi connectivity index (χ2n) is 5.80. The molecule has 1 fully saturated rings. The number of rotatable bonds is 5. The number of hydrogen-bond donors (Lipinski definition) is 1. The molecule has 0 aliphatic carbocycles. The Morgan fingerprint density at radius 1 is 1.50 bits per heavy atom. The van der Waals surface area contributed by atoms with E-state index in [9.17, 15) is 4.79 Å². The van der Waals surface area contributed by atoms with Crippen molar-refractivity contribution in [1.29, 1.82) is 0 Å². The number of likely N-dealkylation sites (N-methyl/N-ethyl adjacent to an activating group) is 1. The molecule has 1 saturated heterocycles. The average molecular weight is 258 g/mol. The third kappa shape index (κ3) is 6.93. The third-order valence-electron chi connectivity index (χ3n) is 2.64. The van der Waals surface area contributed by atoms with E-state index in [0.29, 0.717) is 13.0 Å². The standard InChI is InChI=1S/C13H26N2O3/c1-13(2,3)18-12(16)5-6-14-9-11-10-15(4)7-8-17-11/h11,14H,5-10H2,1-4H3. The summed E-state index contributed by atoms with van der Waals surface area (Å²) in [6.45, 7) is 9.78. The number of hydrogen-bond acceptors (Lipinski definition) is 5. The zero-order chi connectivity index (χ0) is 13.6. The maximum Gasteiger partial charge on any atom is 0.307 e. The minimum absolute atomic E-state index is 0.156. The summed E-state index contributed by atoms with van der Waals surface area (Å²) in [5.74, 6) is -0.156. The molecular formula is C13H26N2O3. The minimum atomic E-state index is -0.397. The molecule has 1 atom stereocenters. The fraction of sp³-hybridized carbons (Fsp3) is 0.923. The maximum absolute atomic E-state index is 11.5. The van der Waals surface area contributed by atoms with Crippen molar-refractivity contribution < 1.29 is 14.3 Å². The van der Waals surface area contributed by atoms with Crippen molar-refractivity contribution in [3.8, 4) is 0 Å². The Morgan fingerprint density at radius 2 is 2.22 bits per heavy atom. The van der Waals surface area contributed by atoms with Gasteiger partial charge in [-0.05, 0) is 27.8 Å². The summed E-state index contributed by atoms with van der Waals surface area (Å²) in [5, 5.41) is 3.24. The fourth-order valence-corrected chi connectivity index (χ4v) is 1.84. The minimum Gasteiger partial charge on any atom is -0.460 e. The average Bonchev–Trinajstić information content (AvgIpc) is 2.22. The molecule has 1 N–H and O–H groups in total. The van der Waals surface area contributed by atoms with Gasteiger partial charge in [-0.25, -0.2) is 0 Å². The summed E-state index contributed by atoms with van der Waals surface area (Å²) in [7, 11) is 2.09. The summed E-state index contributed by atoms with van der Waals surface area (Å²) >= 11 is 0. The van der Waals surface area contributed by atoms with Gasteiger partial charge in [-0.3, -0.25) is 4.79 Å². The first-order valence-electron chi connectivity index (χ1n) is 6.59. The lowest BCUT2D eigenvalue weighted by molar-refractivity contribution is -0.154. The van der Waals surface area contributed by atoms with Gasteiger partial charge in [0, 0.05) is 26.2 Å². The van der Waals surface area contributed by atoms with Crippen molar-refractivity contribution in [1.82, 2.24) is 10.2 Å². The van der Waals surface area contributed by atoms with E-state index in [1.165, 1.54) is 0 Å². The van der Waals surface area contributed by atoms with E-state index in [2.05, 4.69) is 17.3 Å². The molecule has 5 heteroatoms. The van der Waals surface area contributed by atoms with Gasteiger partial charge in [0.15, 0.2) is 0 Å². The van der Waals surface area contributed by atoms with Crippen molar-refractivity contribution >= 4 is 5.97 Å². The van der Waals surface area contributed by atoms with Gasteiger partial charge in [0.05, 0.1) is 19.1 Å². The van der Waals surface area contributed by atoms with Gasteiger partial charge in [0.2, 0.25) is 0 Å². The highest BCUT2D eigenvalue weighted by molar-refractivity contribution is 5.70. The Hall–Kier alpha value is -0.650. The van der Waals surface area contributed by atoms with E-state index >= 15 is 0 Å². The first kappa shape index (κ1) is 15.4. The normalized spacial score (nSPS) is 21.9. The molecule has 106 valence electrons. The van der Waals surface area contributed by atoms with Crippen LogP contribution in [0.15, 0.2) is 0 Å². The SMILES string of the molecule is CN1CCOC(CNCCC(=O)OC(C)(C)C)C1. The zero-order valence-electron chi connectivity index (χ0n) is 12.0. The van der Waals surface area contributed by atoms with E-state index in [1.54, 1.807) is 0 Å². The van der Waals surface area contributed by atoms with Gasteiger partial charge < -0.3 is 19.7 Å². The molecule has 1 unspecified atom stereocenters. The van der Waals surface area contributed by atoms with Crippen LogP contribution in [-0.2, 0) is 14.3 Å². The number of carbonyl (C=O) groups excluding carboxylic acids is 1. The van der Waals surface area contributed by atoms with Gasteiger partial charge in [-0.15, -0.1) is 0 Å². The second kappa shape index (κ2) is 7.07. The molecule has 0 spiro atoms. The third-order valence-corrected chi connectivity index (χ3v) is 2.64. The van der Waals surface area contributed by atoms with Gasteiger partial charge in [0.1, 0.15) is 5.60 Å². The molecule has 0 aromatic rings. The van der Waals surface area contributed by atoms with E-state index in [4.69, 9.17) is 9.47 Å². The first-order chi connectivity index (χ1) is 8.37. The summed E-state index contributed by atoms with van der Waals surface area (Å²) in [6.07, 6.45) is 0.627. The van der Waals surface area contributed by atoms with Crippen molar-refractivity contribution in [3.63, 3.8) is 0 Å². The number of morpholine rings is 1. The second-order valence-corrected chi connectivity index (χ2v) is 5.80. The maximum atomic E-state index is 11.5. The van der Waals surface area contributed by atoms with Crippen LogP contribution < -0.4 is 5.32 Å². The molecule has 1 aliphatic rings. The van der Waals surface area contributed by atoms with Crippen LogP contribution in [0.5, 0.6) is 0 Å². The molecule has 1 aliphatic heterocycles. The molecule has 5 nitrogen and oxygen atoms in total. The molecule has 0 saturated carbocycles. The molecule has 0 aromatic heterocycles. The predicted molar refractivity (Wildman–Crippen MR) is 70.6 cm³/mol. The van der Waals surface area contributed by atoms with Crippen LogP contribution >= 0.6 is 0 Å². The zero-order valence-corrected chi connectivity index (χ0v) is 12.0. The van der Waals surface area contributed by atoms with Crippen molar-refractivity contribution in [2.75, 3.05) is 39.8 Å². The molecule has 0 radical (unpaired) electrons. The highest BCUT2D eigenvalue weighted by atomic mass is 16.6. The van der Waals surface area contributed by atoms with Gasteiger partial charge in [0.25, 0.3) is 0 Å². The van der Waals surface area contributed by atoms with E-state index in [0.717, 1.165) is 26.2 Å². The molecule has 0 bridgehead atoms. The Kier molecular flexibility index (Phi) is 6.05. The predicted octanol–water partition coefficient (Wildman–Crippen LogP) is 0.638.